The lowest BCUT2D eigenvalue weighted by molar-refractivity contribution is -0.0504. The van der Waals surface area contributed by atoms with E-state index < -0.39 is 6.61 Å². The van der Waals surface area contributed by atoms with Crippen molar-refractivity contribution >= 4 is 17.3 Å². The van der Waals surface area contributed by atoms with E-state index in [1.807, 2.05) is 12.1 Å². The quantitative estimate of drug-likeness (QED) is 0.869. The van der Waals surface area contributed by atoms with Crippen molar-refractivity contribution in [1.29, 1.82) is 0 Å². The summed E-state index contributed by atoms with van der Waals surface area (Å²) in [5.41, 5.74) is 1.47. The van der Waals surface area contributed by atoms with Gasteiger partial charge >= 0.3 is 6.61 Å². The monoisotopic (exact) mass is 283 g/mol. The van der Waals surface area contributed by atoms with Crippen LogP contribution < -0.4 is 10.1 Å². The molecule has 0 aliphatic heterocycles. The van der Waals surface area contributed by atoms with Crippen molar-refractivity contribution in [3.63, 3.8) is 0 Å². The van der Waals surface area contributed by atoms with Gasteiger partial charge in [-0.15, -0.1) is 0 Å². The third-order valence-electron chi connectivity index (χ3n) is 2.50. The maximum absolute atomic E-state index is 12.3. The van der Waals surface area contributed by atoms with E-state index in [2.05, 4.69) is 10.1 Å². The van der Waals surface area contributed by atoms with Gasteiger partial charge in [-0.25, -0.2) is 0 Å². The molecular formula is C14H12ClF2NO. The highest BCUT2D eigenvalue weighted by Gasteiger charge is 2.08. The molecule has 100 valence electrons. The van der Waals surface area contributed by atoms with Crippen LogP contribution in [0.15, 0.2) is 48.5 Å². The third-order valence-corrected chi connectivity index (χ3v) is 2.73. The van der Waals surface area contributed by atoms with Crippen LogP contribution in [0.2, 0.25) is 5.02 Å². The predicted octanol–water partition coefficient (Wildman–Crippen LogP) is 4.55. The lowest BCUT2D eigenvalue weighted by Crippen LogP contribution is -2.07. The fourth-order valence-corrected chi connectivity index (χ4v) is 1.85. The molecule has 2 aromatic rings. The minimum Gasteiger partial charge on any atom is -0.434 e. The lowest BCUT2D eigenvalue weighted by Gasteiger charge is -2.12. The van der Waals surface area contributed by atoms with Gasteiger partial charge in [-0.2, -0.15) is 8.78 Å². The van der Waals surface area contributed by atoms with Crippen LogP contribution in [-0.4, -0.2) is 6.61 Å². The molecule has 0 saturated carbocycles. The molecule has 0 radical (unpaired) electrons. The summed E-state index contributed by atoms with van der Waals surface area (Å²) >= 11 is 5.86. The van der Waals surface area contributed by atoms with Gasteiger partial charge < -0.3 is 10.1 Å². The van der Waals surface area contributed by atoms with Crippen molar-refractivity contribution in [2.45, 2.75) is 13.2 Å². The zero-order valence-electron chi connectivity index (χ0n) is 9.95. The number of rotatable bonds is 5. The van der Waals surface area contributed by atoms with Crippen molar-refractivity contribution in [3.05, 3.63) is 59.1 Å². The third kappa shape index (κ3) is 4.10. The molecule has 0 aliphatic carbocycles. The second-order valence-corrected chi connectivity index (χ2v) is 4.29. The smallest absolute Gasteiger partial charge is 0.387 e. The number of nitrogens with one attached hydrogen (secondary N) is 1. The van der Waals surface area contributed by atoms with Crippen LogP contribution >= 0.6 is 11.6 Å². The van der Waals surface area contributed by atoms with Gasteiger partial charge in [0.15, 0.2) is 0 Å². The normalized spacial score (nSPS) is 10.5. The number of halogens is 3. The highest BCUT2D eigenvalue weighted by Crippen LogP contribution is 2.22. The number of ether oxygens (including phenoxy) is 1. The minimum absolute atomic E-state index is 0.173. The fourth-order valence-electron chi connectivity index (χ4n) is 1.66. The van der Waals surface area contributed by atoms with Crippen LogP contribution in [0.1, 0.15) is 5.56 Å². The second kappa shape index (κ2) is 6.38. The van der Waals surface area contributed by atoms with Gasteiger partial charge in [-0.05, 0) is 24.3 Å². The number of anilines is 1. The predicted molar refractivity (Wildman–Crippen MR) is 71.9 cm³/mol. The van der Waals surface area contributed by atoms with Gasteiger partial charge in [0.25, 0.3) is 0 Å². The Kier molecular flexibility index (Phi) is 4.58. The zero-order valence-corrected chi connectivity index (χ0v) is 10.7. The topological polar surface area (TPSA) is 21.3 Å². The van der Waals surface area contributed by atoms with E-state index >= 15 is 0 Å². The van der Waals surface area contributed by atoms with Crippen molar-refractivity contribution in [1.82, 2.24) is 0 Å². The summed E-state index contributed by atoms with van der Waals surface area (Å²) in [6, 6.07) is 13.9. The summed E-state index contributed by atoms with van der Waals surface area (Å²) in [6.07, 6.45) is 0. The first kappa shape index (κ1) is 13.6. The number of benzene rings is 2. The van der Waals surface area contributed by atoms with Gasteiger partial charge in [-0.3, -0.25) is 0 Å². The molecule has 2 rings (SSSR count). The van der Waals surface area contributed by atoms with Crippen LogP contribution in [0.25, 0.3) is 0 Å². The second-order valence-electron chi connectivity index (χ2n) is 3.85. The molecule has 0 bridgehead atoms. The lowest BCUT2D eigenvalue weighted by atomic mass is 10.2. The van der Waals surface area contributed by atoms with Crippen molar-refractivity contribution in [3.8, 4) is 5.75 Å². The van der Waals surface area contributed by atoms with Gasteiger partial charge in [0, 0.05) is 22.8 Å². The molecule has 0 amide bonds. The molecule has 0 heterocycles. The van der Waals surface area contributed by atoms with Gasteiger partial charge in [0.2, 0.25) is 0 Å². The molecule has 0 aliphatic rings. The van der Waals surface area contributed by atoms with E-state index in [0.29, 0.717) is 17.1 Å². The number of hydrogen-bond donors (Lipinski definition) is 1. The van der Waals surface area contributed by atoms with Crippen LogP contribution in [-0.2, 0) is 6.54 Å². The highest BCUT2D eigenvalue weighted by molar-refractivity contribution is 6.30. The van der Waals surface area contributed by atoms with E-state index in [4.69, 9.17) is 11.6 Å². The molecule has 0 saturated heterocycles. The fraction of sp³-hybridized carbons (Fsp3) is 0.143. The summed E-state index contributed by atoms with van der Waals surface area (Å²) < 4.78 is 29.0. The summed E-state index contributed by atoms with van der Waals surface area (Å²) in [5, 5.41) is 3.72. The Morgan fingerprint density at radius 2 is 1.89 bits per heavy atom. The number of alkyl halides is 2. The first-order valence-electron chi connectivity index (χ1n) is 5.67. The minimum atomic E-state index is -2.83. The average molecular weight is 284 g/mol. The van der Waals surface area contributed by atoms with E-state index in [0.717, 1.165) is 5.69 Å². The van der Waals surface area contributed by atoms with E-state index in [-0.39, 0.29) is 5.75 Å². The molecule has 0 spiro atoms. The number of hydrogen-bond acceptors (Lipinski definition) is 2. The van der Waals surface area contributed by atoms with Crippen LogP contribution in [0, 0.1) is 0 Å². The maximum Gasteiger partial charge on any atom is 0.387 e. The molecule has 1 N–H and O–H groups in total. The van der Waals surface area contributed by atoms with Crippen LogP contribution in [0.3, 0.4) is 0 Å². The van der Waals surface area contributed by atoms with Gasteiger partial charge in [0.05, 0.1) is 0 Å². The van der Waals surface area contributed by atoms with E-state index in [1.54, 1.807) is 30.3 Å². The zero-order chi connectivity index (χ0) is 13.7. The summed E-state index contributed by atoms with van der Waals surface area (Å²) in [4.78, 5) is 0. The Bertz CT molecular complexity index is 548. The Hall–Kier alpha value is -1.81. The molecule has 19 heavy (non-hydrogen) atoms. The first-order chi connectivity index (χ1) is 9.15. The summed E-state index contributed by atoms with van der Waals surface area (Å²) in [7, 11) is 0. The molecular weight excluding hydrogens is 272 g/mol. The largest absolute Gasteiger partial charge is 0.434 e. The summed E-state index contributed by atoms with van der Waals surface area (Å²) in [6.45, 7) is -2.45. The Labute approximate surface area is 115 Å². The first-order valence-corrected chi connectivity index (χ1v) is 6.05. The Morgan fingerprint density at radius 1 is 1.11 bits per heavy atom. The maximum atomic E-state index is 12.3. The number of para-hydroxylation sites is 1. The standard InChI is InChI=1S/C14H12ClF2NO/c15-11-5-3-6-12(8-11)18-9-10-4-1-2-7-13(10)19-14(16)17/h1-8,14,18H,9H2. The van der Waals surface area contributed by atoms with Crippen molar-refractivity contribution in [2.75, 3.05) is 5.32 Å². The average Bonchev–Trinajstić information content (AvgIpc) is 2.37. The highest BCUT2D eigenvalue weighted by atomic mass is 35.5. The molecule has 0 aromatic heterocycles. The molecule has 2 nitrogen and oxygen atoms in total. The van der Waals surface area contributed by atoms with Gasteiger partial charge in [-0.1, -0.05) is 35.9 Å². The van der Waals surface area contributed by atoms with Crippen molar-refractivity contribution in [2.24, 2.45) is 0 Å². The van der Waals surface area contributed by atoms with E-state index in [9.17, 15) is 8.78 Å². The molecule has 0 fully saturated rings. The van der Waals surface area contributed by atoms with E-state index in [1.165, 1.54) is 6.07 Å². The Morgan fingerprint density at radius 3 is 2.63 bits per heavy atom. The molecule has 0 unspecified atom stereocenters. The molecule has 2 aromatic carbocycles. The van der Waals surface area contributed by atoms with Crippen molar-refractivity contribution < 1.29 is 13.5 Å². The Balaban J connectivity index is 2.07. The van der Waals surface area contributed by atoms with Crippen LogP contribution in [0.4, 0.5) is 14.5 Å². The molecule has 5 heteroatoms. The van der Waals surface area contributed by atoms with Gasteiger partial charge in [0.1, 0.15) is 5.75 Å². The summed E-state index contributed by atoms with van der Waals surface area (Å²) in [5.74, 6) is 0.173. The SMILES string of the molecule is FC(F)Oc1ccccc1CNc1cccc(Cl)c1. The molecule has 0 atom stereocenters. The van der Waals surface area contributed by atoms with Crippen LogP contribution in [0.5, 0.6) is 5.75 Å².